The Morgan fingerprint density at radius 3 is 2.62 bits per heavy atom. The Kier molecular flexibility index (Phi) is 3.62. The summed E-state index contributed by atoms with van der Waals surface area (Å²) in [6, 6.07) is 0.705. The van der Waals surface area contributed by atoms with Gasteiger partial charge in [0.15, 0.2) is 0 Å². The van der Waals surface area contributed by atoms with E-state index in [1.807, 2.05) is 36.4 Å². The second-order valence-electron chi connectivity index (χ2n) is 4.25. The molecule has 16 heavy (non-hydrogen) atoms. The number of carbonyl (C=O) groups excluding carboxylic acids is 1. The van der Waals surface area contributed by atoms with E-state index in [0.29, 0.717) is 12.6 Å². The maximum atomic E-state index is 12.1. The van der Waals surface area contributed by atoms with Gasteiger partial charge in [-0.2, -0.15) is 0 Å². The van der Waals surface area contributed by atoms with Crippen molar-refractivity contribution in [1.82, 2.24) is 15.1 Å². The molecule has 0 radical (unpaired) electrons. The van der Waals surface area contributed by atoms with Crippen molar-refractivity contribution >= 4 is 6.03 Å². The highest BCUT2D eigenvalue weighted by Gasteiger charge is 2.24. The molecule has 2 heterocycles. The van der Waals surface area contributed by atoms with E-state index in [0.717, 1.165) is 25.9 Å². The molecule has 2 rings (SSSR count). The van der Waals surface area contributed by atoms with E-state index < -0.39 is 0 Å². The topological polar surface area (TPSA) is 35.6 Å². The van der Waals surface area contributed by atoms with Gasteiger partial charge in [-0.05, 0) is 26.0 Å². The summed E-state index contributed by atoms with van der Waals surface area (Å²) in [5.74, 6) is 0. The minimum absolute atomic E-state index is 0.134. The molecule has 2 aliphatic heterocycles. The van der Waals surface area contributed by atoms with Crippen LogP contribution in [0.1, 0.15) is 12.8 Å². The first kappa shape index (κ1) is 11.2. The number of nitrogens with one attached hydrogen (secondary N) is 1. The molecule has 1 saturated heterocycles. The number of hydrogen-bond acceptors (Lipinski definition) is 2. The number of rotatable bonds is 1. The molecular weight excluding hydrogens is 202 g/mol. The first-order valence-electron chi connectivity index (χ1n) is 5.87. The van der Waals surface area contributed by atoms with Crippen LogP contribution in [0.2, 0.25) is 0 Å². The van der Waals surface area contributed by atoms with Crippen LogP contribution in [0.4, 0.5) is 4.79 Å². The highest BCUT2D eigenvalue weighted by Crippen LogP contribution is 2.13. The van der Waals surface area contributed by atoms with Gasteiger partial charge in [-0.15, -0.1) is 0 Å². The van der Waals surface area contributed by atoms with Crippen LogP contribution in [0.15, 0.2) is 24.4 Å². The van der Waals surface area contributed by atoms with Gasteiger partial charge in [0, 0.05) is 31.9 Å². The maximum Gasteiger partial charge on any atom is 0.324 e. The normalized spacial score (nSPS) is 21.6. The van der Waals surface area contributed by atoms with Crippen molar-refractivity contribution in [2.45, 2.75) is 18.9 Å². The van der Waals surface area contributed by atoms with Crippen molar-refractivity contribution in [3.8, 4) is 0 Å². The number of urea groups is 1. The summed E-state index contributed by atoms with van der Waals surface area (Å²) in [4.78, 5) is 15.8. The molecule has 1 N–H and O–H groups in total. The summed E-state index contributed by atoms with van der Waals surface area (Å²) in [6.07, 6.45) is 9.83. The fraction of sp³-hybridized carbons (Fsp3) is 0.583. The van der Waals surface area contributed by atoms with Gasteiger partial charge in [-0.3, -0.25) is 4.90 Å². The summed E-state index contributed by atoms with van der Waals surface area (Å²) in [7, 11) is 1.99. The van der Waals surface area contributed by atoms with Gasteiger partial charge < -0.3 is 10.2 Å². The zero-order valence-corrected chi connectivity index (χ0v) is 9.72. The molecular formula is C12H19N3O. The quantitative estimate of drug-likeness (QED) is 0.721. The van der Waals surface area contributed by atoms with Crippen molar-refractivity contribution in [3.63, 3.8) is 0 Å². The Balaban J connectivity index is 1.86. The Morgan fingerprint density at radius 2 is 2.06 bits per heavy atom. The molecule has 4 heteroatoms. The van der Waals surface area contributed by atoms with Crippen LogP contribution < -0.4 is 5.32 Å². The SMILES string of the molecule is CNC1CCN(C(=O)N2C=CC=CC2)CC1. The summed E-state index contributed by atoms with van der Waals surface area (Å²) < 4.78 is 0. The van der Waals surface area contributed by atoms with E-state index in [9.17, 15) is 4.79 Å². The third kappa shape index (κ3) is 2.44. The molecule has 0 aromatic carbocycles. The molecule has 2 aliphatic rings. The number of nitrogens with zero attached hydrogens (tertiary/aromatic N) is 2. The Morgan fingerprint density at radius 1 is 1.31 bits per heavy atom. The van der Waals surface area contributed by atoms with Gasteiger partial charge in [0.1, 0.15) is 0 Å². The second kappa shape index (κ2) is 5.16. The van der Waals surface area contributed by atoms with Gasteiger partial charge in [0.2, 0.25) is 0 Å². The molecule has 0 aromatic rings. The summed E-state index contributed by atoms with van der Waals surface area (Å²) in [5, 5.41) is 3.27. The summed E-state index contributed by atoms with van der Waals surface area (Å²) >= 11 is 0. The van der Waals surface area contributed by atoms with Crippen LogP contribution >= 0.6 is 0 Å². The van der Waals surface area contributed by atoms with E-state index in [2.05, 4.69) is 5.32 Å². The van der Waals surface area contributed by atoms with Gasteiger partial charge in [0.25, 0.3) is 0 Å². The zero-order chi connectivity index (χ0) is 11.4. The minimum atomic E-state index is 0.134. The van der Waals surface area contributed by atoms with E-state index in [4.69, 9.17) is 0 Å². The first-order valence-corrected chi connectivity index (χ1v) is 5.87. The molecule has 0 bridgehead atoms. The fourth-order valence-corrected chi connectivity index (χ4v) is 2.15. The molecule has 2 amide bonds. The van der Waals surface area contributed by atoms with E-state index in [-0.39, 0.29) is 6.03 Å². The van der Waals surface area contributed by atoms with E-state index >= 15 is 0 Å². The number of carbonyl (C=O) groups is 1. The standard InChI is InChI=1S/C12H19N3O/c1-13-11-5-9-15(10-6-11)12(16)14-7-3-2-4-8-14/h2-4,7,11,13H,5-6,8-10H2,1H3. The highest BCUT2D eigenvalue weighted by molar-refractivity contribution is 5.76. The average Bonchev–Trinajstić information content (AvgIpc) is 2.39. The lowest BCUT2D eigenvalue weighted by molar-refractivity contribution is 0.154. The first-order chi connectivity index (χ1) is 7.81. The van der Waals surface area contributed by atoms with E-state index in [1.54, 1.807) is 4.90 Å². The Labute approximate surface area is 96.6 Å². The molecule has 0 saturated carbocycles. The predicted octanol–water partition coefficient (Wildman–Crippen LogP) is 1.18. The lowest BCUT2D eigenvalue weighted by Gasteiger charge is -2.34. The molecule has 0 spiro atoms. The number of hydrogen-bond donors (Lipinski definition) is 1. The van der Waals surface area contributed by atoms with Crippen molar-refractivity contribution in [3.05, 3.63) is 24.4 Å². The van der Waals surface area contributed by atoms with Crippen LogP contribution in [-0.4, -0.2) is 48.6 Å². The van der Waals surface area contributed by atoms with Crippen LogP contribution in [0.5, 0.6) is 0 Å². The molecule has 4 nitrogen and oxygen atoms in total. The smallest absolute Gasteiger partial charge is 0.324 e. The second-order valence-corrected chi connectivity index (χ2v) is 4.25. The maximum absolute atomic E-state index is 12.1. The fourth-order valence-electron chi connectivity index (χ4n) is 2.15. The largest absolute Gasteiger partial charge is 0.324 e. The lowest BCUT2D eigenvalue weighted by Crippen LogP contribution is -2.48. The van der Waals surface area contributed by atoms with Gasteiger partial charge in [-0.1, -0.05) is 12.2 Å². The Bertz CT molecular complexity index is 303. The number of amides is 2. The predicted molar refractivity (Wildman–Crippen MR) is 64.0 cm³/mol. The molecule has 1 fully saturated rings. The molecule has 0 aliphatic carbocycles. The van der Waals surface area contributed by atoms with E-state index in [1.165, 1.54) is 0 Å². The van der Waals surface area contributed by atoms with Crippen LogP contribution in [-0.2, 0) is 0 Å². The van der Waals surface area contributed by atoms with Gasteiger partial charge >= 0.3 is 6.03 Å². The van der Waals surface area contributed by atoms with Gasteiger partial charge in [0.05, 0.1) is 0 Å². The van der Waals surface area contributed by atoms with Crippen molar-refractivity contribution in [1.29, 1.82) is 0 Å². The number of allylic oxidation sites excluding steroid dienone is 2. The zero-order valence-electron chi connectivity index (χ0n) is 9.72. The molecule has 0 aromatic heterocycles. The van der Waals surface area contributed by atoms with Crippen LogP contribution in [0.3, 0.4) is 0 Å². The Hall–Kier alpha value is -1.29. The third-order valence-corrected chi connectivity index (χ3v) is 3.23. The van der Waals surface area contributed by atoms with Crippen LogP contribution in [0, 0.1) is 0 Å². The lowest BCUT2D eigenvalue weighted by atomic mass is 10.1. The monoisotopic (exact) mass is 221 g/mol. The molecule has 88 valence electrons. The number of likely N-dealkylation sites (tertiary alicyclic amines) is 1. The molecule has 0 unspecified atom stereocenters. The summed E-state index contributed by atoms with van der Waals surface area (Å²) in [6.45, 7) is 2.41. The number of piperidine rings is 1. The van der Waals surface area contributed by atoms with Gasteiger partial charge in [-0.25, -0.2) is 4.79 Å². The third-order valence-electron chi connectivity index (χ3n) is 3.23. The average molecular weight is 221 g/mol. The summed E-state index contributed by atoms with van der Waals surface area (Å²) in [5.41, 5.74) is 0. The van der Waals surface area contributed by atoms with Crippen molar-refractivity contribution < 1.29 is 4.79 Å². The molecule has 0 atom stereocenters. The van der Waals surface area contributed by atoms with Crippen molar-refractivity contribution in [2.24, 2.45) is 0 Å². The van der Waals surface area contributed by atoms with Crippen molar-refractivity contribution in [2.75, 3.05) is 26.7 Å². The highest BCUT2D eigenvalue weighted by atomic mass is 16.2. The van der Waals surface area contributed by atoms with Crippen LogP contribution in [0.25, 0.3) is 0 Å². The minimum Gasteiger partial charge on any atom is -0.324 e.